The van der Waals surface area contributed by atoms with E-state index >= 15 is 0 Å². The van der Waals surface area contributed by atoms with Crippen LogP contribution in [0.15, 0.2) is 12.2 Å². The van der Waals surface area contributed by atoms with Crippen LogP contribution < -0.4 is 5.32 Å². The van der Waals surface area contributed by atoms with E-state index < -0.39 is 12.5 Å². The van der Waals surface area contributed by atoms with Crippen LogP contribution in [0.4, 0.5) is 8.78 Å². The van der Waals surface area contributed by atoms with Gasteiger partial charge in [0.2, 0.25) is 0 Å². The van der Waals surface area contributed by atoms with Crippen molar-refractivity contribution in [1.82, 2.24) is 5.32 Å². The summed E-state index contributed by atoms with van der Waals surface area (Å²) < 4.78 is 23.8. The van der Waals surface area contributed by atoms with Gasteiger partial charge in [-0.25, -0.2) is 8.78 Å². The molecule has 0 saturated carbocycles. The van der Waals surface area contributed by atoms with Gasteiger partial charge in [-0.2, -0.15) is 0 Å². The van der Waals surface area contributed by atoms with Crippen LogP contribution in [0.3, 0.4) is 0 Å². The highest BCUT2D eigenvalue weighted by atomic mass is 19.3. The maximum Gasteiger partial charge on any atom is 0.265 e. The highest BCUT2D eigenvalue weighted by Gasteiger charge is 2.16. The summed E-state index contributed by atoms with van der Waals surface area (Å²) in [4.78, 5) is 0. The molecule has 82 valence electrons. The second-order valence-electron chi connectivity index (χ2n) is 3.71. The number of hydrogen-bond donors (Lipinski definition) is 2. The van der Waals surface area contributed by atoms with Crippen LogP contribution in [0.5, 0.6) is 0 Å². The summed E-state index contributed by atoms with van der Waals surface area (Å²) in [5, 5.41) is 11.7. The molecule has 0 aromatic carbocycles. The average Bonchev–Trinajstić information content (AvgIpc) is 2.19. The lowest BCUT2D eigenvalue weighted by molar-refractivity contribution is -0.00364. The second kappa shape index (κ2) is 6.09. The topological polar surface area (TPSA) is 32.3 Å². The van der Waals surface area contributed by atoms with Crippen molar-refractivity contribution in [3.05, 3.63) is 12.2 Å². The van der Waals surface area contributed by atoms with E-state index in [0.29, 0.717) is 12.5 Å². The molecule has 1 rings (SSSR count). The molecule has 0 aromatic rings. The molecule has 0 bridgehead atoms. The minimum absolute atomic E-state index is 0.0160. The average molecular weight is 205 g/mol. The minimum Gasteiger partial charge on any atom is -0.386 e. The van der Waals surface area contributed by atoms with Gasteiger partial charge in [-0.05, 0) is 31.7 Å². The van der Waals surface area contributed by atoms with Crippen molar-refractivity contribution < 1.29 is 13.9 Å². The Balaban J connectivity index is 2.06. The van der Waals surface area contributed by atoms with Crippen molar-refractivity contribution in [2.24, 2.45) is 5.92 Å². The summed E-state index contributed by atoms with van der Waals surface area (Å²) in [5.74, 6) is 0.532. The van der Waals surface area contributed by atoms with Gasteiger partial charge in [0.15, 0.2) is 0 Å². The maximum absolute atomic E-state index is 11.9. The van der Waals surface area contributed by atoms with E-state index in [1.165, 1.54) is 0 Å². The molecule has 14 heavy (non-hydrogen) atoms. The Bertz CT molecular complexity index is 185. The molecule has 0 aromatic heterocycles. The lowest BCUT2D eigenvalue weighted by Crippen LogP contribution is -2.35. The summed E-state index contributed by atoms with van der Waals surface area (Å²) in [5.41, 5.74) is 0. The molecule has 1 aliphatic rings. The van der Waals surface area contributed by atoms with Crippen LogP contribution in [-0.4, -0.2) is 30.7 Å². The normalized spacial score (nSPS) is 24.1. The first-order chi connectivity index (χ1) is 6.70. The zero-order valence-corrected chi connectivity index (χ0v) is 8.13. The van der Waals surface area contributed by atoms with Gasteiger partial charge in [0.1, 0.15) is 6.10 Å². The molecule has 1 aliphatic carbocycles. The van der Waals surface area contributed by atoms with Gasteiger partial charge in [0.25, 0.3) is 6.43 Å². The molecule has 2 nitrogen and oxygen atoms in total. The molecule has 0 spiro atoms. The molecule has 2 atom stereocenters. The van der Waals surface area contributed by atoms with Gasteiger partial charge in [-0.15, -0.1) is 0 Å². The molecule has 4 heteroatoms. The van der Waals surface area contributed by atoms with Gasteiger partial charge in [-0.3, -0.25) is 0 Å². The zero-order valence-electron chi connectivity index (χ0n) is 8.13. The number of nitrogens with one attached hydrogen (secondary N) is 1. The molecule has 0 amide bonds. The van der Waals surface area contributed by atoms with E-state index in [1.54, 1.807) is 0 Å². The molecule has 0 radical (unpaired) electrons. The summed E-state index contributed by atoms with van der Waals surface area (Å²) in [6, 6.07) is 0. The minimum atomic E-state index is -2.64. The SMILES string of the molecule is OC(CNCC1CC=CCC1)C(F)F. The summed E-state index contributed by atoms with van der Waals surface area (Å²) in [6.07, 6.45) is 3.28. The molecule has 0 fully saturated rings. The highest BCUT2D eigenvalue weighted by Crippen LogP contribution is 2.16. The van der Waals surface area contributed by atoms with Crippen molar-refractivity contribution in [1.29, 1.82) is 0 Å². The van der Waals surface area contributed by atoms with Crippen LogP contribution in [-0.2, 0) is 0 Å². The quantitative estimate of drug-likeness (QED) is 0.667. The van der Waals surface area contributed by atoms with Crippen molar-refractivity contribution in [3.8, 4) is 0 Å². The van der Waals surface area contributed by atoms with Crippen molar-refractivity contribution >= 4 is 0 Å². The van der Waals surface area contributed by atoms with E-state index in [9.17, 15) is 8.78 Å². The number of aliphatic hydroxyl groups excluding tert-OH is 1. The van der Waals surface area contributed by atoms with Gasteiger partial charge >= 0.3 is 0 Å². The summed E-state index contributed by atoms with van der Waals surface area (Å²) in [7, 11) is 0. The molecule has 0 heterocycles. The Hall–Kier alpha value is -0.480. The molecular formula is C10H17F2NO. The van der Waals surface area contributed by atoms with Crippen molar-refractivity contribution in [3.63, 3.8) is 0 Å². The largest absolute Gasteiger partial charge is 0.386 e. The van der Waals surface area contributed by atoms with Crippen molar-refractivity contribution in [2.45, 2.75) is 31.8 Å². The summed E-state index contributed by atoms with van der Waals surface area (Å²) >= 11 is 0. The number of halogens is 2. The molecule has 2 N–H and O–H groups in total. The zero-order chi connectivity index (χ0) is 10.4. The number of rotatable bonds is 5. The standard InChI is InChI=1S/C10H17F2NO/c11-10(12)9(14)7-13-6-8-4-2-1-3-5-8/h1-2,8-10,13-14H,3-7H2. The van der Waals surface area contributed by atoms with Crippen LogP contribution >= 0.6 is 0 Å². The second-order valence-corrected chi connectivity index (χ2v) is 3.71. The van der Waals surface area contributed by atoms with Gasteiger partial charge < -0.3 is 10.4 Å². The number of hydrogen-bond acceptors (Lipinski definition) is 2. The smallest absolute Gasteiger partial charge is 0.265 e. The van der Waals surface area contributed by atoms with Crippen LogP contribution in [0.1, 0.15) is 19.3 Å². The Morgan fingerprint density at radius 1 is 1.43 bits per heavy atom. The monoisotopic (exact) mass is 205 g/mol. The van der Waals surface area contributed by atoms with E-state index in [1.807, 2.05) is 0 Å². The first-order valence-electron chi connectivity index (χ1n) is 5.02. The fourth-order valence-electron chi connectivity index (χ4n) is 1.57. The molecular weight excluding hydrogens is 188 g/mol. The Labute approximate surface area is 83.0 Å². The number of allylic oxidation sites excluding steroid dienone is 2. The first kappa shape index (κ1) is 11.6. The predicted octanol–water partition coefficient (Wildman–Crippen LogP) is 1.56. The third-order valence-corrected chi connectivity index (χ3v) is 2.46. The lowest BCUT2D eigenvalue weighted by atomic mass is 9.94. The fraction of sp³-hybridized carbons (Fsp3) is 0.800. The number of alkyl halides is 2. The third kappa shape index (κ3) is 4.15. The van der Waals surface area contributed by atoms with E-state index in [2.05, 4.69) is 17.5 Å². The van der Waals surface area contributed by atoms with E-state index in [0.717, 1.165) is 19.3 Å². The number of aliphatic hydroxyl groups is 1. The fourth-order valence-corrected chi connectivity index (χ4v) is 1.57. The first-order valence-corrected chi connectivity index (χ1v) is 5.02. The van der Waals surface area contributed by atoms with Gasteiger partial charge in [-0.1, -0.05) is 12.2 Å². The predicted molar refractivity (Wildman–Crippen MR) is 51.4 cm³/mol. The Kier molecular flexibility index (Phi) is 5.04. The summed E-state index contributed by atoms with van der Waals surface area (Å²) in [6.45, 7) is 0.700. The lowest BCUT2D eigenvalue weighted by Gasteiger charge is -2.19. The van der Waals surface area contributed by atoms with Crippen molar-refractivity contribution in [2.75, 3.05) is 13.1 Å². The van der Waals surface area contributed by atoms with E-state index in [-0.39, 0.29) is 6.54 Å². The molecule has 2 unspecified atom stereocenters. The molecule has 0 saturated heterocycles. The van der Waals surface area contributed by atoms with E-state index in [4.69, 9.17) is 5.11 Å². The van der Waals surface area contributed by atoms with Gasteiger partial charge in [0, 0.05) is 6.54 Å². The highest BCUT2D eigenvalue weighted by molar-refractivity contribution is 4.90. The molecule has 0 aliphatic heterocycles. The maximum atomic E-state index is 11.9. The Morgan fingerprint density at radius 2 is 2.21 bits per heavy atom. The van der Waals surface area contributed by atoms with Gasteiger partial charge in [0.05, 0.1) is 0 Å². The Morgan fingerprint density at radius 3 is 2.79 bits per heavy atom. The van der Waals surface area contributed by atoms with Crippen LogP contribution in [0, 0.1) is 5.92 Å². The van der Waals surface area contributed by atoms with Crippen LogP contribution in [0.25, 0.3) is 0 Å². The van der Waals surface area contributed by atoms with Crippen LogP contribution in [0.2, 0.25) is 0 Å². The third-order valence-electron chi connectivity index (χ3n) is 2.46.